The van der Waals surface area contributed by atoms with Crippen LogP contribution in [0.4, 0.5) is 5.69 Å². The molecule has 1 fully saturated rings. The molecule has 1 aliphatic rings. The van der Waals surface area contributed by atoms with Gasteiger partial charge < -0.3 is 14.6 Å². The lowest BCUT2D eigenvalue weighted by Gasteiger charge is -2.32. The van der Waals surface area contributed by atoms with Crippen molar-refractivity contribution in [2.45, 2.75) is 13.0 Å². The standard InChI is InChI=1S/C12H14IN3O/c1-8-7-16(2-3-17-8)9-4-10-11(13)6-15-12(10)14-5-9/h4-6,8H,2-3,7H2,1H3,(H,14,15). The first kappa shape index (κ1) is 11.3. The molecule has 0 spiro atoms. The van der Waals surface area contributed by atoms with Crippen molar-refractivity contribution in [2.24, 2.45) is 0 Å². The number of nitrogens with one attached hydrogen (secondary N) is 1. The zero-order valence-electron chi connectivity index (χ0n) is 9.61. The van der Waals surface area contributed by atoms with E-state index in [1.807, 2.05) is 12.4 Å². The number of morpholine rings is 1. The molecule has 2 aromatic heterocycles. The van der Waals surface area contributed by atoms with Gasteiger partial charge in [-0.1, -0.05) is 0 Å². The summed E-state index contributed by atoms with van der Waals surface area (Å²) in [4.78, 5) is 9.96. The van der Waals surface area contributed by atoms with E-state index in [-0.39, 0.29) is 0 Å². The highest BCUT2D eigenvalue weighted by Gasteiger charge is 2.17. The summed E-state index contributed by atoms with van der Waals surface area (Å²) in [5.41, 5.74) is 2.14. The minimum Gasteiger partial charge on any atom is -0.375 e. The Morgan fingerprint density at radius 1 is 1.59 bits per heavy atom. The van der Waals surface area contributed by atoms with Gasteiger partial charge in [-0.05, 0) is 35.6 Å². The van der Waals surface area contributed by atoms with Crippen LogP contribution < -0.4 is 4.90 Å². The van der Waals surface area contributed by atoms with Crippen molar-refractivity contribution in [3.8, 4) is 0 Å². The van der Waals surface area contributed by atoms with Gasteiger partial charge in [0.05, 0.1) is 24.6 Å². The average molecular weight is 343 g/mol. The van der Waals surface area contributed by atoms with E-state index in [0.717, 1.165) is 25.3 Å². The first-order chi connectivity index (χ1) is 8.24. The summed E-state index contributed by atoms with van der Waals surface area (Å²) in [5, 5.41) is 1.20. The molecule has 1 atom stereocenters. The molecule has 0 radical (unpaired) electrons. The zero-order chi connectivity index (χ0) is 11.8. The first-order valence-corrected chi connectivity index (χ1v) is 6.81. The second kappa shape index (κ2) is 4.45. The number of H-pyrrole nitrogens is 1. The molecule has 4 nitrogen and oxygen atoms in total. The number of nitrogens with zero attached hydrogens (tertiary/aromatic N) is 2. The molecular formula is C12H14IN3O. The smallest absolute Gasteiger partial charge is 0.138 e. The van der Waals surface area contributed by atoms with Gasteiger partial charge in [-0.15, -0.1) is 0 Å². The summed E-state index contributed by atoms with van der Waals surface area (Å²) < 4.78 is 6.77. The Labute approximate surface area is 113 Å². The Bertz CT molecular complexity index is 540. The van der Waals surface area contributed by atoms with Gasteiger partial charge in [0.2, 0.25) is 0 Å². The largest absolute Gasteiger partial charge is 0.375 e. The van der Waals surface area contributed by atoms with E-state index in [9.17, 15) is 0 Å². The number of aromatic nitrogens is 2. The Balaban J connectivity index is 1.96. The molecule has 1 saturated heterocycles. The minimum atomic E-state index is 0.296. The molecule has 1 aliphatic heterocycles. The predicted molar refractivity (Wildman–Crippen MR) is 76.4 cm³/mol. The van der Waals surface area contributed by atoms with Gasteiger partial charge in [0.25, 0.3) is 0 Å². The lowest BCUT2D eigenvalue weighted by atomic mass is 10.2. The van der Waals surface area contributed by atoms with Gasteiger partial charge in [0.1, 0.15) is 5.65 Å². The minimum absolute atomic E-state index is 0.296. The second-order valence-electron chi connectivity index (χ2n) is 4.35. The van der Waals surface area contributed by atoms with Crippen LogP contribution in [0.2, 0.25) is 0 Å². The second-order valence-corrected chi connectivity index (χ2v) is 5.52. The van der Waals surface area contributed by atoms with Crippen LogP contribution in [0.1, 0.15) is 6.92 Å². The van der Waals surface area contributed by atoms with Crippen LogP contribution in [0.25, 0.3) is 11.0 Å². The number of pyridine rings is 1. The molecule has 0 saturated carbocycles. The molecule has 5 heteroatoms. The highest BCUT2D eigenvalue weighted by Crippen LogP contribution is 2.24. The molecule has 17 heavy (non-hydrogen) atoms. The van der Waals surface area contributed by atoms with Crippen molar-refractivity contribution in [3.63, 3.8) is 0 Å². The molecule has 0 amide bonds. The topological polar surface area (TPSA) is 41.2 Å². The quantitative estimate of drug-likeness (QED) is 0.809. The molecule has 1 unspecified atom stereocenters. The van der Waals surface area contributed by atoms with Gasteiger partial charge in [-0.3, -0.25) is 0 Å². The van der Waals surface area contributed by atoms with Crippen molar-refractivity contribution < 1.29 is 4.74 Å². The van der Waals surface area contributed by atoms with E-state index in [2.05, 4.69) is 50.4 Å². The van der Waals surface area contributed by atoms with Gasteiger partial charge >= 0.3 is 0 Å². The number of anilines is 1. The zero-order valence-corrected chi connectivity index (χ0v) is 11.8. The number of fused-ring (bicyclic) bond motifs is 1. The lowest BCUT2D eigenvalue weighted by Crippen LogP contribution is -2.41. The predicted octanol–water partition coefficient (Wildman–Crippen LogP) is 2.39. The number of hydrogen-bond donors (Lipinski definition) is 1. The van der Waals surface area contributed by atoms with Crippen LogP contribution >= 0.6 is 22.6 Å². The Kier molecular flexibility index (Phi) is 2.96. The number of rotatable bonds is 1. The van der Waals surface area contributed by atoms with Crippen LogP contribution in [-0.4, -0.2) is 35.8 Å². The van der Waals surface area contributed by atoms with Crippen molar-refractivity contribution >= 4 is 39.3 Å². The van der Waals surface area contributed by atoms with Crippen molar-refractivity contribution in [3.05, 3.63) is 22.0 Å². The average Bonchev–Trinajstić information content (AvgIpc) is 2.71. The maximum absolute atomic E-state index is 5.56. The van der Waals surface area contributed by atoms with E-state index in [0.29, 0.717) is 6.10 Å². The SMILES string of the molecule is CC1CN(c2cnc3[nH]cc(I)c3c2)CCO1. The molecule has 2 aromatic rings. The summed E-state index contributed by atoms with van der Waals surface area (Å²) in [6.07, 6.45) is 4.22. The van der Waals surface area contributed by atoms with E-state index < -0.39 is 0 Å². The molecule has 3 rings (SSSR count). The van der Waals surface area contributed by atoms with Crippen LogP contribution in [0.3, 0.4) is 0 Å². The maximum Gasteiger partial charge on any atom is 0.138 e. The Morgan fingerprint density at radius 3 is 3.29 bits per heavy atom. The fourth-order valence-corrected chi connectivity index (χ4v) is 2.75. The lowest BCUT2D eigenvalue weighted by molar-refractivity contribution is 0.0532. The Morgan fingerprint density at radius 2 is 2.47 bits per heavy atom. The third-order valence-electron chi connectivity index (χ3n) is 3.07. The van der Waals surface area contributed by atoms with E-state index in [4.69, 9.17) is 4.74 Å². The van der Waals surface area contributed by atoms with Gasteiger partial charge in [-0.2, -0.15) is 0 Å². The highest BCUT2D eigenvalue weighted by molar-refractivity contribution is 14.1. The van der Waals surface area contributed by atoms with E-state index in [1.54, 1.807) is 0 Å². The molecular weight excluding hydrogens is 329 g/mol. The van der Waals surface area contributed by atoms with E-state index >= 15 is 0 Å². The summed E-state index contributed by atoms with van der Waals surface area (Å²) in [7, 11) is 0. The van der Waals surface area contributed by atoms with Crippen LogP contribution in [0.5, 0.6) is 0 Å². The van der Waals surface area contributed by atoms with Crippen LogP contribution in [0.15, 0.2) is 18.5 Å². The van der Waals surface area contributed by atoms with Crippen molar-refractivity contribution in [2.75, 3.05) is 24.6 Å². The number of aromatic amines is 1. The van der Waals surface area contributed by atoms with Crippen LogP contribution in [0, 0.1) is 3.57 Å². The van der Waals surface area contributed by atoms with Gasteiger partial charge in [0, 0.05) is 28.2 Å². The molecule has 0 aromatic carbocycles. The summed E-state index contributed by atoms with van der Waals surface area (Å²) in [5.74, 6) is 0. The van der Waals surface area contributed by atoms with Gasteiger partial charge in [0.15, 0.2) is 0 Å². The number of hydrogen-bond acceptors (Lipinski definition) is 3. The van der Waals surface area contributed by atoms with Crippen molar-refractivity contribution in [1.82, 2.24) is 9.97 Å². The number of halogens is 1. The fourth-order valence-electron chi connectivity index (χ4n) is 2.19. The summed E-state index contributed by atoms with van der Waals surface area (Å²) in [6.45, 7) is 4.79. The van der Waals surface area contributed by atoms with Gasteiger partial charge in [-0.25, -0.2) is 4.98 Å². The molecule has 0 aliphatic carbocycles. The summed E-state index contributed by atoms with van der Waals surface area (Å²) in [6, 6.07) is 2.21. The highest BCUT2D eigenvalue weighted by atomic mass is 127. The van der Waals surface area contributed by atoms with Crippen molar-refractivity contribution in [1.29, 1.82) is 0 Å². The normalized spacial score (nSPS) is 21.1. The maximum atomic E-state index is 5.56. The fraction of sp³-hybridized carbons (Fsp3) is 0.417. The van der Waals surface area contributed by atoms with E-state index in [1.165, 1.54) is 14.6 Å². The molecule has 0 bridgehead atoms. The third kappa shape index (κ3) is 2.13. The summed E-state index contributed by atoms with van der Waals surface area (Å²) >= 11 is 2.33. The number of ether oxygens (including phenoxy) is 1. The van der Waals surface area contributed by atoms with Crippen LogP contribution in [-0.2, 0) is 4.74 Å². The molecule has 90 valence electrons. The molecule has 1 N–H and O–H groups in total. The Hall–Kier alpha value is -0.820. The third-order valence-corrected chi connectivity index (χ3v) is 3.96. The monoisotopic (exact) mass is 343 g/mol. The molecule has 3 heterocycles. The first-order valence-electron chi connectivity index (χ1n) is 5.73.